The van der Waals surface area contributed by atoms with Gasteiger partial charge in [0.05, 0.1) is 18.8 Å². The van der Waals surface area contributed by atoms with Crippen molar-refractivity contribution in [3.05, 3.63) is 65.0 Å². The number of piperidine rings is 1. The van der Waals surface area contributed by atoms with Gasteiger partial charge < -0.3 is 25.4 Å². The second-order valence-corrected chi connectivity index (χ2v) is 8.88. The molecule has 2 amide bonds. The van der Waals surface area contributed by atoms with Crippen molar-refractivity contribution in [2.45, 2.75) is 44.4 Å². The van der Waals surface area contributed by atoms with E-state index >= 15 is 0 Å². The summed E-state index contributed by atoms with van der Waals surface area (Å²) in [6.45, 7) is 2.29. The molecule has 1 fully saturated rings. The van der Waals surface area contributed by atoms with Gasteiger partial charge in [0.25, 0.3) is 5.91 Å². The summed E-state index contributed by atoms with van der Waals surface area (Å²) in [6.07, 6.45) is 4.04. The predicted molar refractivity (Wildman–Crippen MR) is 124 cm³/mol. The van der Waals surface area contributed by atoms with Crippen LogP contribution in [0.25, 0.3) is 0 Å². The van der Waals surface area contributed by atoms with Crippen LogP contribution >= 0.6 is 0 Å². The molecule has 176 valence electrons. The van der Waals surface area contributed by atoms with Gasteiger partial charge in [-0.2, -0.15) is 0 Å². The van der Waals surface area contributed by atoms with Crippen molar-refractivity contribution in [2.75, 3.05) is 26.7 Å². The number of hydrogen-bond donors (Lipinski definition) is 3. The average Bonchev–Trinajstić information content (AvgIpc) is 2.87. The Bertz CT molecular complexity index is 957. The van der Waals surface area contributed by atoms with Crippen molar-refractivity contribution in [3.8, 4) is 0 Å². The molecule has 0 unspecified atom stereocenters. The number of carbonyl (C=O) groups is 2. The van der Waals surface area contributed by atoms with Crippen LogP contribution in [0.15, 0.2) is 42.6 Å². The molecule has 0 spiro atoms. The summed E-state index contributed by atoms with van der Waals surface area (Å²) in [5.41, 5.74) is 3.91. The number of nitrogens with zero attached hydrogens (tertiary/aromatic N) is 2. The maximum atomic E-state index is 12.5. The lowest BCUT2D eigenvalue weighted by molar-refractivity contribution is 0.0869. The monoisotopic (exact) mass is 452 g/mol. The third kappa shape index (κ3) is 5.89. The lowest BCUT2D eigenvalue weighted by atomic mass is 9.92. The Kier molecular flexibility index (Phi) is 7.57. The van der Waals surface area contributed by atoms with E-state index in [4.69, 9.17) is 4.74 Å². The Labute approximate surface area is 194 Å². The zero-order chi connectivity index (χ0) is 23.2. The van der Waals surface area contributed by atoms with Gasteiger partial charge in [0.1, 0.15) is 0 Å². The van der Waals surface area contributed by atoms with Crippen molar-refractivity contribution in [1.29, 1.82) is 0 Å². The number of nitrogens with one attached hydrogen (secondary N) is 2. The summed E-state index contributed by atoms with van der Waals surface area (Å²) < 4.78 is 4.78. The zero-order valence-corrected chi connectivity index (χ0v) is 19.0. The van der Waals surface area contributed by atoms with Crippen LogP contribution in [0.4, 0.5) is 4.79 Å². The maximum Gasteiger partial charge on any atom is 0.409 e. The maximum absolute atomic E-state index is 12.5. The van der Waals surface area contributed by atoms with Crippen LogP contribution < -0.4 is 10.6 Å². The van der Waals surface area contributed by atoms with E-state index in [2.05, 4.69) is 27.8 Å². The third-order valence-electron chi connectivity index (χ3n) is 6.68. The van der Waals surface area contributed by atoms with Crippen LogP contribution in [0.2, 0.25) is 0 Å². The number of fused-ring (bicyclic) bond motifs is 1. The van der Waals surface area contributed by atoms with Gasteiger partial charge in [-0.25, -0.2) is 4.79 Å². The number of amides is 2. The first-order valence-electron chi connectivity index (χ1n) is 11.6. The van der Waals surface area contributed by atoms with Crippen LogP contribution in [0.5, 0.6) is 0 Å². The number of rotatable bonds is 6. The second kappa shape index (κ2) is 10.8. The van der Waals surface area contributed by atoms with Gasteiger partial charge in [-0.1, -0.05) is 24.3 Å². The van der Waals surface area contributed by atoms with Gasteiger partial charge in [-0.15, -0.1) is 0 Å². The summed E-state index contributed by atoms with van der Waals surface area (Å²) in [4.78, 5) is 30.3. The summed E-state index contributed by atoms with van der Waals surface area (Å²) in [6, 6.07) is 11.8. The van der Waals surface area contributed by atoms with Crippen LogP contribution in [0, 0.1) is 5.92 Å². The van der Waals surface area contributed by atoms with Crippen molar-refractivity contribution >= 4 is 12.0 Å². The first-order chi connectivity index (χ1) is 16.0. The van der Waals surface area contributed by atoms with Crippen molar-refractivity contribution in [3.63, 3.8) is 0 Å². The summed E-state index contributed by atoms with van der Waals surface area (Å²) in [5.74, 6) is 0.219. The third-order valence-corrected chi connectivity index (χ3v) is 6.68. The number of methoxy groups -OCH3 is 1. The summed E-state index contributed by atoms with van der Waals surface area (Å²) >= 11 is 0. The average molecular weight is 453 g/mol. The quantitative estimate of drug-likeness (QED) is 0.619. The molecule has 33 heavy (non-hydrogen) atoms. The van der Waals surface area contributed by atoms with E-state index in [-0.39, 0.29) is 24.6 Å². The minimum Gasteiger partial charge on any atom is -0.453 e. The number of likely N-dealkylation sites (tertiary alicyclic amines) is 1. The highest BCUT2D eigenvalue weighted by molar-refractivity contribution is 5.93. The molecule has 2 atom stereocenters. The Hall–Kier alpha value is -2.97. The molecule has 4 rings (SSSR count). The first-order valence-corrected chi connectivity index (χ1v) is 11.6. The highest BCUT2D eigenvalue weighted by atomic mass is 16.5. The Morgan fingerprint density at radius 3 is 2.67 bits per heavy atom. The van der Waals surface area contributed by atoms with Crippen LogP contribution in [0.3, 0.4) is 0 Å². The highest BCUT2D eigenvalue weighted by Crippen LogP contribution is 2.21. The molecular weight excluding hydrogens is 420 g/mol. The molecular formula is C25H32N4O4. The second-order valence-electron chi connectivity index (χ2n) is 8.88. The standard InChI is InChI=1S/C25H32N4O4/c1-33-25(32)29-10-8-17(9-11-29)12-21-7-6-20(15-26-21)24(31)28-16-23(30)22-13-18-4-2-3-5-19(18)14-27-22/h2-7,15,17,22-23,27,30H,8-14,16H2,1H3,(H,28,31)/t22-,23+/m0/s1. The lowest BCUT2D eigenvalue weighted by Gasteiger charge is -2.30. The number of carbonyl (C=O) groups excluding carboxylic acids is 2. The SMILES string of the molecule is COC(=O)N1CCC(Cc2ccc(C(=O)NC[C@@H](O)[C@@H]3Cc4ccccc4CN3)cn2)CC1. The molecule has 2 aliphatic heterocycles. The Morgan fingerprint density at radius 1 is 1.21 bits per heavy atom. The van der Waals surface area contributed by atoms with Crippen LogP contribution in [0.1, 0.15) is 40.0 Å². The largest absolute Gasteiger partial charge is 0.453 e. The van der Waals surface area contributed by atoms with Gasteiger partial charge >= 0.3 is 6.09 Å². The van der Waals surface area contributed by atoms with Crippen LogP contribution in [-0.2, 0) is 24.1 Å². The van der Waals surface area contributed by atoms with Gasteiger partial charge in [0.2, 0.25) is 0 Å². The fourth-order valence-electron chi connectivity index (χ4n) is 4.62. The molecule has 2 aliphatic rings. The number of aliphatic hydroxyl groups excluding tert-OH is 1. The van der Waals surface area contributed by atoms with E-state index in [0.29, 0.717) is 24.6 Å². The Balaban J connectivity index is 1.22. The number of benzene rings is 1. The number of aromatic nitrogens is 1. The molecule has 0 radical (unpaired) electrons. The number of hydrogen-bond acceptors (Lipinski definition) is 6. The van der Waals surface area contributed by atoms with E-state index in [1.165, 1.54) is 18.2 Å². The molecule has 1 saturated heterocycles. The molecule has 8 heteroatoms. The van der Waals surface area contributed by atoms with Gasteiger partial charge in [-0.3, -0.25) is 9.78 Å². The molecule has 0 aliphatic carbocycles. The lowest BCUT2D eigenvalue weighted by Crippen LogP contribution is -2.49. The number of ether oxygens (including phenoxy) is 1. The summed E-state index contributed by atoms with van der Waals surface area (Å²) in [7, 11) is 1.41. The smallest absolute Gasteiger partial charge is 0.409 e. The molecule has 3 heterocycles. The van der Waals surface area contributed by atoms with E-state index in [1.54, 1.807) is 17.2 Å². The molecule has 0 bridgehead atoms. The van der Waals surface area contributed by atoms with E-state index in [1.807, 2.05) is 18.2 Å². The predicted octanol–water partition coefficient (Wildman–Crippen LogP) is 1.91. The molecule has 2 aromatic rings. The first kappa shape index (κ1) is 23.2. The minimum absolute atomic E-state index is 0.0914. The fraction of sp³-hybridized carbons (Fsp3) is 0.480. The van der Waals surface area contributed by atoms with Gasteiger partial charge in [0.15, 0.2) is 0 Å². The fourth-order valence-corrected chi connectivity index (χ4v) is 4.62. The number of aliphatic hydroxyl groups is 1. The summed E-state index contributed by atoms with van der Waals surface area (Å²) in [5, 5.41) is 16.7. The van der Waals surface area contributed by atoms with E-state index in [0.717, 1.165) is 37.9 Å². The van der Waals surface area contributed by atoms with Crippen molar-refractivity contribution < 1.29 is 19.4 Å². The molecule has 0 saturated carbocycles. The molecule has 3 N–H and O–H groups in total. The van der Waals surface area contributed by atoms with E-state index in [9.17, 15) is 14.7 Å². The molecule has 1 aromatic carbocycles. The van der Waals surface area contributed by atoms with Crippen molar-refractivity contribution in [1.82, 2.24) is 20.5 Å². The molecule has 1 aromatic heterocycles. The Morgan fingerprint density at radius 2 is 1.97 bits per heavy atom. The van der Waals surface area contributed by atoms with E-state index < -0.39 is 6.10 Å². The van der Waals surface area contributed by atoms with Gasteiger partial charge in [-0.05, 0) is 54.9 Å². The number of pyridine rings is 1. The minimum atomic E-state index is -0.676. The molecule has 8 nitrogen and oxygen atoms in total. The van der Waals surface area contributed by atoms with Gasteiger partial charge in [0, 0.05) is 44.1 Å². The van der Waals surface area contributed by atoms with Crippen LogP contribution in [-0.4, -0.2) is 65.9 Å². The van der Waals surface area contributed by atoms with Crippen molar-refractivity contribution in [2.24, 2.45) is 5.92 Å². The normalized spacial score (nSPS) is 19.5. The zero-order valence-electron chi connectivity index (χ0n) is 19.0. The highest BCUT2D eigenvalue weighted by Gasteiger charge is 2.25. The topological polar surface area (TPSA) is 104 Å².